The van der Waals surface area contributed by atoms with Gasteiger partial charge in [0.25, 0.3) is 5.91 Å². The first-order chi connectivity index (χ1) is 11.5. The molecule has 126 valence electrons. The molecule has 0 bridgehead atoms. The van der Waals surface area contributed by atoms with E-state index < -0.39 is 23.8 Å². The SMILES string of the molecule is CCOc1ncccc1C(=O)OC(C)C(=O)Nc1ccccc1F. The highest BCUT2D eigenvalue weighted by atomic mass is 19.1. The molecule has 0 aliphatic carbocycles. The van der Waals surface area contributed by atoms with Crippen molar-refractivity contribution in [3.8, 4) is 5.88 Å². The van der Waals surface area contributed by atoms with Crippen LogP contribution in [0.4, 0.5) is 10.1 Å². The van der Waals surface area contributed by atoms with Crippen molar-refractivity contribution in [1.82, 2.24) is 4.98 Å². The normalized spacial score (nSPS) is 11.5. The third kappa shape index (κ3) is 4.28. The Bertz CT molecular complexity index is 736. The van der Waals surface area contributed by atoms with Crippen molar-refractivity contribution in [2.75, 3.05) is 11.9 Å². The van der Waals surface area contributed by atoms with Crippen molar-refractivity contribution in [3.05, 3.63) is 54.0 Å². The van der Waals surface area contributed by atoms with Gasteiger partial charge in [-0.15, -0.1) is 0 Å². The van der Waals surface area contributed by atoms with Gasteiger partial charge in [0.05, 0.1) is 12.3 Å². The number of carbonyl (C=O) groups excluding carboxylic acids is 2. The minimum absolute atomic E-state index is 0.0155. The second-order valence-electron chi connectivity index (χ2n) is 4.81. The van der Waals surface area contributed by atoms with Crippen LogP contribution in [0, 0.1) is 5.82 Å². The summed E-state index contributed by atoms with van der Waals surface area (Å²) in [7, 11) is 0. The zero-order chi connectivity index (χ0) is 17.5. The van der Waals surface area contributed by atoms with E-state index in [4.69, 9.17) is 9.47 Å². The lowest BCUT2D eigenvalue weighted by Crippen LogP contribution is -2.30. The van der Waals surface area contributed by atoms with Crippen LogP contribution in [-0.4, -0.2) is 29.6 Å². The number of benzene rings is 1. The summed E-state index contributed by atoms with van der Waals surface area (Å²) >= 11 is 0. The van der Waals surface area contributed by atoms with E-state index in [0.29, 0.717) is 6.61 Å². The number of esters is 1. The molecule has 0 saturated carbocycles. The standard InChI is InChI=1S/C17H17FN2O4/c1-3-23-16-12(7-6-10-19-16)17(22)24-11(2)15(21)20-14-9-5-4-8-13(14)18/h4-11H,3H2,1-2H3,(H,20,21). The summed E-state index contributed by atoms with van der Waals surface area (Å²) in [5.74, 6) is -1.83. The number of nitrogens with one attached hydrogen (secondary N) is 1. The quantitative estimate of drug-likeness (QED) is 0.823. The summed E-state index contributed by atoms with van der Waals surface area (Å²) in [5.41, 5.74) is 0.131. The van der Waals surface area contributed by atoms with Crippen LogP contribution in [0.1, 0.15) is 24.2 Å². The summed E-state index contributed by atoms with van der Waals surface area (Å²) in [4.78, 5) is 28.2. The Balaban J connectivity index is 2.03. The maximum Gasteiger partial charge on any atom is 0.344 e. The number of anilines is 1. The largest absolute Gasteiger partial charge is 0.477 e. The number of carbonyl (C=O) groups is 2. The summed E-state index contributed by atoms with van der Waals surface area (Å²) in [6.45, 7) is 3.49. The van der Waals surface area contributed by atoms with Crippen LogP contribution in [-0.2, 0) is 9.53 Å². The number of halogens is 1. The highest BCUT2D eigenvalue weighted by Crippen LogP contribution is 2.17. The van der Waals surface area contributed by atoms with Crippen molar-refractivity contribution in [1.29, 1.82) is 0 Å². The number of ether oxygens (including phenoxy) is 2. The van der Waals surface area contributed by atoms with Gasteiger partial charge in [0.1, 0.15) is 11.4 Å². The lowest BCUT2D eigenvalue weighted by molar-refractivity contribution is -0.123. The summed E-state index contributed by atoms with van der Waals surface area (Å²) in [5, 5.41) is 2.37. The van der Waals surface area contributed by atoms with Gasteiger partial charge < -0.3 is 14.8 Å². The zero-order valence-corrected chi connectivity index (χ0v) is 13.3. The van der Waals surface area contributed by atoms with E-state index in [9.17, 15) is 14.0 Å². The van der Waals surface area contributed by atoms with Crippen molar-refractivity contribution in [3.63, 3.8) is 0 Å². The molecule has 24 heavy (non-hydrogen) atoms. The Kier molecular flexibility index (Phi) is 5.83. The Labute approximate surface area is 138 Å². The van der Waals surface area contributed by atoms with E-state index >= 15 is 0 Å². The predicted molar refractivity (Wildman–Crippen MR) is 85.3 cm³/mol. The highest BCUT2D eigenvalue weighted by molar-refractivity contribution is 5.98. The third-order valence-electron chi connectivity index (χ3n) is 3.06. The lowest BCUT2D eigenvalue weighted by atomic mass is 10.2. The van der Waals surface area contributed by atoms with Crippen LogP contribution in [0.15, 0.2) is 42.6 Å². The number of pyridine rings is 1. The number of para-hydroxylation sites is 1. The summed E-state index contributed by atoms with van der Waals surface area (Å²) in [6, 6.07) is 8.77. The lowest BCUT2D eigenvalue weighted by Gasteiger charge is -2.15. The zero-order valence-electron chi connectivity index (χ0n) is 13.3. The van der Waals surface area contributed by atoms with E-state index in [1.807, 2.05) is 0 Å². The topological polar surface area (TPSA) is 77.5 Å². The minimum Gasteiger partial charge on any atom is -0.477 e. The monoisotopic (exact) mass is 332 g/mol. The molecule has 1 heterocycles. The molecule has 0 fully saturated rings. The maximum atomic E-state index is 13.5. The summed E-state index contributed by atoms with van der Waals surface area (Å²) in [6.07, 6.45) is 0.364. The van der Waals surface area contributed by atoms with Crippen LogP contribution < -0.4 is 10.1 Å². The first-order valence-electron chi connectivity index (χ1n) is 7.37. The first kappa shape index (κ1) is 17.4. The molecular weight excluding hydrogens is 315 g/mol. The number of hydrogen-bond acceptors (Lipinski definition) is 5. The second-order valence-corrected chi connectivity index (χ2v) is 4.81. The molecule has 0 saturated heterocycles. The minimum atomic E-state index is -1.12. The van der Waals surface area contributed by atoms with Gasteiger partial charge in [-0.3, -0.25) is 4.79 Å². The molecule has 1 atom stereocenters. The Hall–Kier alpha value is -2.96. The van der Waals surface area contributed by atoms with E-state index in [2.05, 4.69) is 10.3 Å². The van der Waals surface area contributed by atoms with Gasteiger partial charge in [-0.2, -0.15) is 0 Å². The number of aromatic nitrogens is 1. The van der Waals surface area contributed by atoms with E-state index in [1.165, 1.54) is 37.4 Å². The van der Waals surface area contributed by atoms with E-state index in [1.54, 1.807) is 19.1 Å². The average Bonchev–Trinajstić information content (AvgIpc) is 2.57. The molecule has 0 aliphatic heterocycles. The van der Waals surface area contributed by atoms with Gasteiger partial charge in [0.15, 0.2) is 6.10 Å². The van der Waals surface area contributed by atoms with Gasteiger partial charge in [-0.25, -0.2) is 14.2 Å². The van der Waals surface area contributed by atoms with Gasteiger partial charge in [0, 0.05) is 6.20 Å². The fourth-order valence-electron chi connectivity index (χ4n) is 1.87. The molecule has 0 spiro atoms. The molecule has 6 nitrogen and oxygen atoms in total. The van der Waals surface area contributed by atoms with Crippen LogP contribution in [0.5, 0.6) is 5.88 Å². The van der Waals surface area contributed by atoms with Gasteiger partial charge in [-0.05, 0) is 38.1 Å². The third-order valence-corrected chi connectivity index (χ3v) is 3.06. The van der Waals surface area contributed by atoms with Gasteiger partial charge >= 0.3 is 5.97 Å². The second kappa shape index (κ2) is 8.05. The van der Waals surface area contributed by atoms with Crippen LogP contribution >= 0.6 is 0 Å². The Morgan fingerprint density at radius 1 is 1.25 bits per heavy atom. The van der Waals surface area contributed by atoms with Crippen LogP contribution in [0.25, 0.3) is 0 Å². The smallest absolute Gasteiger partial charge is 0.344 e. The fraction of sp³-hybridized carbons (Fsp3) is 0.235. The molecule has 7 heteroatoms. The molecule has 1 amide bonds. The molecule has 2 aromatic rings. The van der Waals surface area contributed by atoms with Gasteiger partial charge in [-0.1, -0.05) is 12.1 Å². The Morgan fingerprint density at radius 3 is 2.71 bits per heavy atom. The molecule has 1 aromatic heterocycles. The number of nitrogens with zero attached hydrogens (tertiary/aromatic N) is 1. The average molecular weight is 332 g/mol. The van der Waals surface area contributed by atoms with E-state index in [-0.39, 0.29) is 17.1 Å². The molecule has 1 N–H and O–H groups in total. The first-order valence-corrected chi connectivity index (χ1v) is 7.37. The molecule has 0 aliphatic rings. The molecular formula is C17H17FN2O4. The fourth-order valence-corrected chi connectivity index (χ4v) is 1.87. The number of amides is 1. The molecule has 0 radical (unpaired) electrons. The number of rotatable bonds is 6. The predicted octanol–water partition coefficient (Wildman–Crippen LogP) is 2.80. The number of hydrogen-bond donors (Lipinski definition) is 1. The van der Waals surface area contributed by atoms with Crippen LogP contribution in [0.3, 0.4) is 0 Å². The van der Waals surface area contributed by atoms with Crippen molar-refractivity contribution in [2.24, 2.45) is 0 Å². The van der Waals surface area contributed by atoms with Crippen molar-refractivity contribution >= 4 is 17.6 Å². The van der Waals surface area contributed by atoms with E-state index in [0.717, 1.165) is 0 Å². The van der Waals surface area contributed by atoms with Crippen molar-refractivity contribution < 1.29 is 23.5 Å². The highest BCUT2D eigenvalue weighted by Gasteiger charge is 2.22. The maximum absolute atomic E-state index is 13.5. The van der Waals surface area contributed by atoms with Crippen LogP contribution in [0.2, 0.25) is 0 Å². The summed E-state index contributed by atoms with van der Waals surface area (Å²) < 4.78 is 23.9. The molecule has 2 rings (SSSR count). The van der Waals surface area contributed by atoms with Gasteiger partial charge in [0.2, 0.25) is 5.88 Å². The van der Waals surface area contributed by atoms with Crippen molar-refractivity contribution in [2.45, 2.75) is 20.0 Å². The Morgan fingerprint density at radius 2 is 2.00 bits per heavy atom. The molecule has 1 aromatic carbocycles. The molecule has 1 unspecified atom stereocenters.